The van der Waals surface area contributed by atoms with Crippen LogP contribution >= 0.6 is 0 Å². The minimum absolute atomic E-state index is 0.314. The SMILES string of the molecule is Cc1cc(F)c(C(=O)O)c(=O)n1-c1ccncc1. The fourth-order valence-corrected chi connectivity index (χ4v) is 1.70. The highest BCUT2D eigenvalue weighted by molar-refractivity contribution is 5.87. The first-order valence-corrected chi connectivity index (χ1v) is 5.08. The maximum absolute atomic E-state index is 13.5. The van der Waals surface area contributed by atoms with Crippen LogP contribution in [-0.2, 0) is 0 Å². The highest BCUT2D eigenvalue weighted by atomic mass is 19.1. The molecule has 0 aliphatic carbocycles. The van der Waals surface area contributed by atoms with Gasteiger partial charge in [-0.15, -0.1) is 0 Å². The van der Waals surface area contributed by atoms with Gasteiger partial charge in [0.2, 0.25) is 0 Å². The van der Waals surface area contributed by atoms with E-state index >= 15 is 0 Å². The van der Waals surface area contributed by atoms with Gasteiger partial charge in [0.25, 0.3) is 5.56 Å². The molecule has 0 spiro atoms. The topological polar surface area (TPSA) is 72.2 Å². The number of hydrogen-bond acceptors (Lipinski definition) is 3. The lowest BCUT2D eigenvalue weighted by Gasteiger charge is -2.11. The summed E-state index contributed by atoms with van der Waals surface area (Å²) in [6.07, 6.45) is 2.93. The van der Waals surface area contributed by atoms with Crippen molar-refractivity contribution in [3.63, 3.8) is 0 Å². The molecule has 0 saturated heterocycles. The van der Waals surface area contributed by atoms with Gasteiger partial charge < -0.3 is 5.11 Å². The van der Waals surface area contributed by atoms with Crippen molar-refractivity contribution in [1.82, 2.24) is 9.55 Å². The molecule has 0 radical (unpaired) electrons. The molecule has 6 heteroatoms. The summed E-state index contributed by atoms with van der Waals surface area (Å²) in [5, 5.41) is 8.84. The van der Waals surface area contributed by atoms with E-state index in [2.05, 4.69) is 4.98 Å². The number of carboxylic acids is 1. The molecule has 0 bridgehead atoms. The van der Waals surface area contributed by atoms with E-state index in [9.17, 15) is 14.0 Å². The molecule has 18 heavy (non-hydrogen) atoms. The van der Waals surface area contributed by atoms with Crippen LogP contribution < -0.4 is 5.56 Å². The molecule has 0 aliphatic heterocycles. The zero-order valence-corrected chi connectivity index (χ0v) is 9.42. The second-order valence-electron chi connectivity index (χ2n) is 3.66. The molecule has 2 aromatic rings. The Labute approximate surface area is 101 Å². The Morgan fingerprint density at radius 1 is 1.39 bits per heavy atom. The average molecular weight is 248 g/mol. The van der Waals surface area contributed by atoms with Gasteiger partial charge in [0.05, 0.1) is 5.69 Å². The first kappa shape index (κ1) is 12.0. The summed E-state index contributed by atoms with van der Waals surface area (Å²) in [6, 6.07) is 4.10. The number of aromatic nitrogens is 2. The molecule has 0 saturated carbocycles. The van der Waals surface area contributed by atoms with Crippen LogP contribution in [0.25, 0.3) is 5.69 Å². The van der Waals surface area contributed by atoms with E-state index in [1.165, 1.54) is 31.5 Å². The third kappa shape index (κ3) is 1.88. The fourth-order valence-electron chi connectivity index (χ4n) is 1.70. The monoisotopic (exact) mass is 248 g/mol. The van der Waals surface area contributed by atoms with Crippen LogP contribution in [0.2, 0.25) is 0 Å². The minimum Gasteiger partial charge on any atom is -0.477 e. The molecule has 2 rings (SSSR count). The Morgan fingerprint density at radius 3 is 2.56 bits per heavy atom. The van der Waals surface area contributed by atoms with Gasteiger partial charge in [-0.1, -0.05) is 0 Å². The van der Waals surface area contributed by atoms with Gasteiger partial charge in [-0.2, -0.15) is 0 Å². The van der Waals surface area contributed by atoms with Gasteiger partial charge in [0.15, 0.2) is 5.56 Å². The summed E-state index contributed by atoms with van der Waals surface area (Å²) >= 11 is 0. The van der Waals surface area contributed by atoms with E-state index in [1.54, 1.807) is 0 Å². The third-order valence-corrected chi connectivity index (χ3v) is 2.48. The van der Waals surface area contributed by atoms with E-state index in [1.807, 2.05) is 0 Å². The van der Waals surface area contributed by atoms with Gasteiger partial charge in [-0.05, 0) is 25.1 Å². The van der Waals surface area contributed by atoms with Crippen molar-refractivity contribution < 1.29 is 14.3 Å². The van der Waals surface area contributed by atoms with E-state index in [0.29, 0.717) is 11.4 Å². The third-order valence-electron chi connectivity index (χ3n) is 2.48. The van der Waals surface area contributed by atoms with Gasteiger partial charge in [-0.25, -0.2) is 9.18 Å². The van der Waals surface area contributed by atoms with Crippen molar-refractivity contribution in [2.45, 2.75) is 6.92 Å². The molecule has 1 N–H and O–H groups in total. The maximum atomic E-state index is 13.5. The summed E-state index contributed by atoms with van der Waals surface area (Å²) in [4.78, 5) is 26.6. The molecule has 2 aromatic heterocycles. The first-order valence-electron chi connectivity index (χ1n) is 5.08. The zero-order valence-electron chi connectivity index (χ0n) is 9.42. The summed E-state index contributed by atoms with van der Waals surface area (Å²) in [5.74, 6) is -2.62. The highest BCUT2D eigenvalue weighted by Gasteiger charge is 2.19. The van der Waals surface area contributed by atoms with Crippen molar-refractivity contribution in [3.8, 4) is 5.69 Å². The Morgan fingerprint density at radius 2 is 2.00 bits per heavy atom. The molecule has 0 unspecified atom stereocenters. The maximum Gasteiger partial charge on any atom is 0.344 e. The van der Waals surface area contributed by atoms with Crippen molar-refractivity contribution >= 4 is 5.97 Å². The van der Waals surface area contributed by atoms with Crippen molar-refractivity contribution in [2.75, 3.05) is 0 Å². The first-order chi connectivity index (χ1) is 8.52. The van der Waals surface area contributed by atoms with Crippen LogP contribution in [0.15, 0.2) is 35.4 Å². The van der Waals surface area contributed by atoms with Gasteiger partial charge in [0, 0.05) is 18.1 Å². The van der Waals surface area contributed by atoms with Crippen LogP contribution in [0.5, 0.6) is 0 Å². The van der Waals surface area contributed by atoms with E-state index in [-0.39, 0.29) is 0 Å². The predicted molar refractivity (Wildman–Crippen MR) is 61.5 cm³/mol. The second-order valence-corrected chi connectivity index (χ2v) is 3.66. The summed E-state index contributed by atoms with van der Waals surface area (Å²) < 4.78 is 14.6. The van der Waals surface area contributed by atoms with Gasteiger partial charge in [0.1, 0.15) is 5.82 Å². The Bertz CT molecular complexity index is 665. The molecular weight excluding hydrogens is 239 g/mol. The van der Waals surface area contributed by atoms with Crippen LogP contribution in [0.1, 0.15) is 16.1 Å². The van der Waals surface area contributed by atoms with Crippen molar-refractivity contribution in [1.29, 1.82) is 0 Å². The Hall–Kier alpha value is -2.50. The van der Waals surface area contributed by atoms with Crippen LogP contribution in [0.4, 0.5) is 4.39 Å². The molecule has 2 heterocycles. The van der Waals surface area contributed by atoms with Crippen molar-refractivity contribution in [2.24, 2.45) is 0 Å². The largest absolute Gasteiger partial charge is 0.477 e. The number of carbonyl (C=O) groups is 1. The molecule has 0 aliphatic rings. The van der Waals surface area contributed by atoms with Crippen LogP contribution in [0.3, 0.4) is 0 Å². The molecule has 0 fully saturated rings. The smallest absolute Gasteiger partial charge is 0.344 e. The summed E-state index contributed by atoms with van der Waals surface area (Å²) in [5.41, 5.74) is -1.01. The minimum atomic E-state index is -1.58. The summed E-state index contributed by atoms with van der Waals surface area (Å²) in [7, 11) is 0. The number of aryl methyl sites for hydroxylation is 1. The molecule has 5 nitrogen and oxygen atoms in total. The molecular formula is C12H9FN2O3. The quantitative estimate of drug-likeness (QED) is 0.871. The lowest BCUT2D eigenvalue weighted by molar-refractivity contribution is 0.0689. The normalized spacial score (nSPS) is 10.3. The van der Waals surface area contributed by atoms with E-state index in [4.69, 9.17) is 5.11 Å². The number of aromatic carboxylic acids is 1. The van der Waals surface area contributed by atoms with Crippen LogP contribution in [-0.4, -0.2) is 20.6 Å². The number of rotatable bonds is 2. The number of halogens is 1. The molecule has 0 aromatic carbocycles. The van der Waals surface area contributed by atoms with Gasteiger partial charge in [-0.3, -0.25) is 14.3 Å². The zero-order chi connectivity index (χ0) is 13.3. The molecule has 92 valence electrons. The fraction of sp³-hybridized carbons (Fsp3) is 0.0833. The number of carboxylic acid groups (broad SMARTS) is 1. The predicted octanol–water partition coefficient (Wildman–Crippen LogP) is 1.38. The standard InChI is InChI=1S/C12H9FN2O3/c1-7-6-9(13)10(12(17)18)11(16)15(7)8-2-4-14-5-3-8/h2-6H,1H3,(H,17,18). The average Bonchev–Trinajstić information content (AvgIpc) is 2.28. The summed E-state index contributed by atoms with van der Waals surface area (Å²) in [6.45, 7) is 1.52. The van der Waals surface area contributed by atoms with E-state index < -0.39 is 22.9 Å². The number of nitrogens with zero attached hydrogens (tertiary/aromatic N) is 2. The lowest BCUT2D eigenvalue weighted by atomic mass is 10.2. The number of hydrogen-bond donors (Lipinski definition) is 1. The Kier molecular flexibility index (Phi) is 2.93. The molecule has 0 amide bonds. The number of pyridine rings is 2. The van der Waals surface area contributed by atoms with E-state index in [0.717, 1.165) is 10.6 Å². The molecule has 0 atom stereocenters. The second kappa shape index (κ2) is 4.40. The van der Waals surface area contributed by atoms with Gasteiger partial charge >= 0.3 is 5.97 Å². The lowest BCUT2D eigenvalue weighted by Crippen LogP contribution is -2.28. The van der Waals surface area contributed by atoms with Crippen LogP contribution in [0, 0.1) is 12.7 Å². The van der Waals surface area contributed by atoms with Crippen molar-refractivity contribution in [3.05, 3.63) is 58.0 Å². The highest BCUT2D eigenvalue weighted by Crippen LogP contribution is 2.11. The Balaban J connectivity index is 2.81.